The first kappa shape index (κ1) is 19.3. The average Bonchev–Trinajstić information content (AvgIpc) is 3.14. The minimum Gasteiger partial charge on any atom is -0.497 e. The molecule has 2 N–H and O–H groups in total. The standard InChI is InChI=1S/C20H22N2O4S/c1-25-15-7-3-13(4-8-15)17(23)11-19-21-22-20(27-19)12-18(24)14-5-9-16(26-2)10-6-14/h3-10,17-18,23-24H,11-12H2,1-2H3. The zero-order valence-corrected chi connectivity index (χ0v) is 16.0. The summed E-state index contributed by atoms with van der Waals surface area (Å²) in [5.74, 6) is 1.49. The van der Waals surface area contributed by atoms with Crippen LogP contribution in [0, 0.1) is 0 Å². The molecular formula is C20H22N2O4S. The fourth-order valence-electron chi connectivity index (χ4n) is 2.67. The third kappa shape index (κ3) is 5.03. The van der Waals surface area contributed by atoms with Crippen LogP contribution in [0.25, 0.3) is 0 Å². The maximum atomic E-state index is 10.4. The van der Waals surface area contributed by atoms with E-state index in [2.05, 4.69) is 10.2 Å². The van der Waals surface area contributed by atoms with Gasteiger partial charge in [0.05, 0.1) is 26.4 Å². The highest BCUT2D eigenvalue weighted by Gasteiger charge is 2.16. The topological polar surface area (TPSA) is 84.7 Å². The molecule has 27 heavy (non-hydrogen) atoms. The highest BCUT2D eigenvalue weighted by molar-refractivity contribution is 7.11. The van der Waals surface area contributed by atoms with Gasteiger partial charge in [-0.05, 0) is 35.4 Å². The van der Waals surface area contributed by atoms with Crippen LogP contribution in [-0.2, 0) is 12.8 Å². The summed E-state index contributed by atoms with van der Waals surface area (Å²) in [6.07, 6.45) is -0.572. The number of hydrogen-bond donors (Lipinski definition) is 2. The van der Waals surface area contributed by atoms with Crippen molar-refractivity contribution in [1.29, 1.82) is 0 Å². The van der Waals surface area contributed by atoms with Crippen molar-refractivity contribution in [1.82, 2.24) is 10.2 Å². The van der Waals surface area contributed by atoms with Crippen LogP contribution in [0.5, 0.6) is 11.5 Å². The first-order valence-electron chi connectivity index (χ1n) is 8.54. The van der Waals surface area contributed by atoms with Gasteiger partial charge in [-0.2, -0.15) is 0 Å². The predicted octanol–water partition coefficient (Wildman–Crippen LogP) is 3.11. The molecule has 0 aliphatic heterocycles. The summed E-state index contributed by atoms with van der Waals surface area (Å²) >= 11 is 1.40. The lowest BCUT2D eigenvalue weighted by atomic mass is 10.1. The lowest BCUT2D eigenvalue weighted by Gasteiger charge is -2.10. The molecule has 1 heterocycles. The quantitative estimate of drug-likeness (QED) is 0.619. The number of methoxy groups -OCH3 is 2. The van der Waals surface area contributed by atoms with Crippen LogP contribution in [0.1, 0.15) is 33.4 Å². The van der Waals surface area contributed by atoms with E-state index in [0.29, 0.717) is 12.8 Å². The third-order valence-electron chi connectivity index (χ3n) is 4.25. The Labute approximate surface area is 162 Å². The largest absolute Gasteiger partial charge is 0.497 e. The normalized spacial score (nSPS) is 13.2. The third-order valence-corrected chi connectivity index (χ3v) is 5.21. The van der Waals surface area contributed by atoms with Gasteiger partial charge in [0.15, 0.2) is 0 Å². The number of aliphatic hydroxyl groups is 2. The second-order valence-corrected chi connectivity index (χ2v) is 7.22. The zero-order chi connectivity index (χ0) is 19.2. The molecule has 0 radical (unpaired) electrons. The molecule has 0 saturated heterocycles. The van der Waals surface area contributed by atoms with E-state index < -0.39 is 12.2 Å². The summed E-state index contributed by atoms with van der Waals surface area (Å²) in [6.45, 7) is 0. The molecule has 7 heteroatoms. The van der Waals surface area contributed by atoms with Crippen LogP contribution in [-0.4, -0.2) is 34.6 Å². The Kier molecular flexibility index (Phi) is 6.39. The molecule has 3 aromatic rings. The Balaban J connectivity index is 1.59. The molecule has 2 aromatic carbocycles. The van der Waals surface area contributed by atoms with Crippen molar-refractivity contribution in [3.05, 3.63) is 69.7 Å². The van der Waals surface area contributed by atoms with E-state index in [1.54, 1.807) is 14.2 Å². The first-order chi connectivity index (χ1) is 13.1. The van der Waals surface area contributed by atoms with Gasteiger partial charge in [-0.25, -0.2) is 0 Å². The SMILES string of the molecule is COc1ccc(C(O)Cc2nnc(CC(O)c3ccc(OC)cc3)s2)cc1. The van der Waals surface area contributed by atoms with E-state index in [1.807, 2.05) is 48.5 Å². The molecule has 0 bridgehead atoms. The van der Waals surface area contributed by atoms with E-state index >= 15 is 0 Å². The minimum atomic E-state index is -0.664. The summed E-state index contributed by atoms with van der Waals surface area (Å²) in [7, 11) is 3.21. The lowest BCUT2D eigenvalue weighted by molar-refractivity contribution is 0.177. The molecule has 3 rings (SSSR count). The Morgan fingerprint density at radius 1 is 0.741 bits per heavy atom. The molecule has 2 unspecified atom stereocenters. The fraction of sp³-hybridized carbons (Fsp3) is 0.300. The molecule has 0 fully saturated rings. The van der Waals surface area contributed by atoms with E-state index in [1.165, 1.54) is 11.3 Å². The average molecular weight is 386 g/mol. The molecule has 6 nitrogen and oxygen atoms in total. The van der Waals surface area contributed by atoms with Crippen molar-refractivity contribution in [2.45, 2.75) is 25.0 Å². The maximum Gasteiger partial charge on any atom is 0.120 e. The van der Waals surface area contributed by atoms with Crippen molar-refractivity contribution < 1.29 is 19.7 Å². The summed E-state index contributed by atoms with van der Waals surface area (Å²) < 4.78 is 10.2. The summed E-state index contributed by atoms with van der Waals surface area (Å²) in [4.78, 5) is 0. The fourth-order valence-corrected chi connectivity index (χ4v) is 3.59. The van der Waals surface area contributed by atoms with Crippen molar-refractivity contribution in [2.24, 2.45) is 0 Å². The predicted molar refractivity (Wildman–Crippen MR) is 103 cm³/mol. The summed E-state index contributed by atoms with van der Waals surface area (Å²) in [6, 6.07) is 14.6. The van der Waals surface area contributed by atoms with E-state index in [9.17, 15) is 10.2 Å². The smallest absolute Gasteiger partial charge is 0.120 e. The van der Waals surface area contributed by atoms with Crippen LogP contribution >= 0.6 is 11.3 Å². The van der Waals surface area contributed by atoms with Gasteiger partial charge in [0.1, 0.15) is 21.5 Å². The van der Waals surface area contributed by atoms with Crippen LogP contribution in [0.15, 0.2) is 48.5 Å². The van der Waals surface area contributed by atoms with Crippen molar-refractivity contribution in [3.8, 4) is 11.5 Å². The molecule has 0 saturated carbocycles. The van der Waals surface area contributed by atoms with Crippen LogP contribution in [0.3, 0.4) is 0 Å². The molecule has 1 aromatic heterocycles. The Morgan fingerprint density at radius 3 is 1.44 bits per heavy atom. The van der Waals surface area contributed by atoms with Gasteiger partial charge < -0.3 is 19.7 Å². The second kappa shape index (κ2) is 8.94. The minimum absolute atomic E-state index is 0.378. The molecule has 2 atom stereocenters. The molecule has 142 valence electrons. The molecule has 0 spiro atoms. The van der Waals surface area contributed by atoms with E-state index in [0.717, 1.165) is 32.6 Å². The zero-order valence-electron chi connectivity index (χ0n) is 15.2. The number of aliphatic hydroxyl groups excluding tert-OH is 2. The Hall–Kier alpha value is -2.48. The van der Waals surface area contributed by atoms with Gasteiger partial charge in [-0.15, -0.1) is 21.5 Å². The molecule has 0 aliphatic rings. The number of hydrogen-bond acceptors (Lipinski definition) is 7. The summed E-state index contributed by atoms with van der Waals surface area (Å²) in [5.41, 5.74) is 1.59. The van der Waals surface area contributed by atoms with Gasteiger partial charge in [0.2, 0.25) is 0 Å². The second-order valence-electron chi connectivity index (χ2n) is 6.08. The number of benzene rings is 2. The van der Waals surface area contributed by atoms with Crippen LogP contribution in [0.4, 0.5) is 0 Å². The number of nitrogens with zero attached hydrogens (tertiary/aromatic N) is 2. The van der Waals surface area contributed by atoms with Crippen LogP contribution < -0.4 is 9.47 Å². The van der Waals surface area contributed by atoms with Gasteiger partial charge in [-0.3, -0.25) is 0 Å². The maximum absolute atomic E-state index is 10.4. The lowest BCUT2D eigenvalue weighted by Crippen LogP contribution is -2.01. The van der Waals surface area contributed by atoms with Gasteiger partial charge in [-0.1, -0.05) is 24.3 Å². The van der Waals surface area contributed by atoms with E-state index in [4.69, 9.17) is 9.47 Å². The first-order valence-corrected chi connectivity index (χ1v) is 9.36. The molecule has 0 aliphatic carbocycles. The Morgan fingerprint density at radius 2 is 1.11 bits per heavy atom. The van der Waals surface area contributed by atoms with E-state index in [-0.39, 0.29) is 0 Å². The van der Waals surface area contributed by atoms with Crippen LogP contribution in [0.2, 0.25) is 0 Å². The molecule has 0 amide bonds. The number of aromatic nitrogens is 2. The summed E-state index contributed by atoms with van der Waals surface area (Å²) in [5, 5.41) is 30.5. The van der Waals surface area contributed by atoms with Gasteiger partial charge >= 0.3 is 0 Å². The molecular weight excluding hydrogens is 364 g/mol. The monoisotopic (exact) mass is 386 g/mol. The Bertz CT molecular complexity index is 779. The van der Waals surface area contributed by atoms with Gasteiger partial charge in [0.25, 0.3) is 0 Å². The van der Waals surface area contributed by atoms with Crippen molar-refractivity contribution in [3.63, 3.8) is 0 Å². The number of rotatable bonds is 8. The van der Waals surface area contributed by atoms with Gasteiger partial charge in [0, 0.05) is 12.8 Å². The highest BCUT2D eigenvalue weighted by atomic mass is 32.1. The highest BCUT2D eigenvalue weighted by Crippen LogP contribution is 2.25. The van der Waals surface area contributed by atoms with Crippen molar-refractivity contribution >= 4 is 11.3 Å². The number of ether oxygens (including phenoxy) is 2. The van der Waals surface area contributed by atoms with Crippen molar-refractivity contribution in [2.75, 3.05) is 14.2 Å².